The van der Waals surface area contributed by atoms with Gasteiger partial charge in [0.05, 0.1) is 0 Å². The van der Waals surface area contributed by atoms with Crippen LogP contribution in [0.2, 0.25) is 0 Å². The minimum atomic E-state index is -0.282. The van der Waals surface area contributed by atoms with Crippen LogP contribution in [-0.2, 0) is 4.79 Å². The summed E-state index contributed by atoms with van der Waals surface area (Å²) < 4.78 is 0. The van der Waals surface area contributed by atoms with E-state index < -0.39 is 0 Å². The molecule has 2 aliphatic carbocycles. The predicted molar refractivity (Wildman–Crippen MR) is 117 cm³/mol. The Kier molecular flexibility index (Phi) is 3.95. The summed E-state index contributed by atoms with van der Waals surface area (Å²) in [6.07, 6.45) is 9.67. The number of Topliss-reactive ketones (excluding diaryl/α,β-unsaturated/α-hetero) is 1. The highest BCUT2D eigenvalue weighted by Crippen LogP contribution is 2.50. The van der Waals surface area contributed by atoms with E-state index in [1.165, 1.54) is 24.1 Å². The quantitative estimate of drug-likeness (QED) is 0.732. The Labute approximate surface area is 173 Å². The molecule has 2 unspecified atom stereocenters. The summed E-state index contributed by atoms with van der Waals surface area (Å²) >= 11 is 0. The van der Waals surface area contributed by atoms with E-state index >= 15 is 0 Å². The molecule has 1 spiro atoms. The fourth-order valence-corrected chi connectivity index (χ4v) is 6.49. The minimum absolute atomic E-state index is 0.282. The van der Waals surface area contributed by atoms with Crippen LogP contribution in [0.5, 0.6) is 0 Å². The first kappa shape index (κ1) is 17.5. The lowest BCUT2D eigenvalue weighted by Crippen LogP contribution is -2.56. The highest BCUT2D eigenvalue weighted by Gasteiger charge is 2.51. The van der Waals surface area contributed by atoms with Gasteiger partial charge in [0.2, 0.25) is 0 Å². The van der Waals surface area contributed by atoms with Crippen molar-refractivity contribution < 1.29 is 4.79 Å². The van der Waals surface area contributed by atoms with Crippen molar-refractivity contribution in [1.82, 2.24) is 4.90 Å². The van der Waals surface area contributed by atoms with Crippen LogP contribution in [0, 0.1) is 0 Å². The normalized spacial score (nSPS) is 27.6. The predicted octanol–water partition coefficient (Wildman–Crippen LogP) is 4.95. The Morgan fingerprint density at radius 2 is 1.76 bits per heavy atom. The van der Waals surface area contributed by atoms with E-state index in [0.717, 1.165) is 32.5 Å². The molecule has 0 saturated carbocycles. The highest BCUT2D eigenvalue weighted by atomic mass is 16.1. The maximum atomic E-state index is 13.0. The molecule has 3 heteroatoms. The van der Waals surface area contributed by atoms with E-state index in [1.807, 2.05) is 0 Å². The second kappa shape index (κ2) is 6.56. The molecule has 2 heterocycles. The van der Waals surface area contributed by atoms with Gasteiger partial charge in [-0.25, -0.2) is 0 Å². The zero-order chi connectivity index (χ0) is 19.4. The SMILES string of the molecule is O=C1CCN(c2ccccc2)C12CCN(C1CC3CC=Cc4cccc1c43)CC2. The number of hydrogen-bond acceptors (Lipinski definition) is 3. The molecule has 0 aromatic heterocycles. The number of rotatable bonds is 2. The Hall–Kier alpha value is -2.39. The van der Waals surface area contributed by atoms with E-state index in [1.54, 1.807) is 11.1 Å². The van der Waals surface area contributed by atoms with Crippen molar-refractivity contribution in [3.8, 4) is 0 Å². The van der Waals surface area contributed by atoms with E-state index in [0.29, 0.717) is 24.2 Å². The van der Waals surface area contributed by atoms with Gasteiger partial charge in [0.1, 0.15) is 5.54 Å². The van der Waals surface area contributed by atoms with Crippen LogP contribution in [0.15, 0.2) is 54.6 Å². The van der Waals surface area contributed by atoms with E-state index in [9.17, 15) is 4.79 Å². The fraction of sp³-hybridized carbons (Fsp3) is 0.423. The zero-order valence-electron chi connectivity index (χ0n) is 16.9. The average molecular weight is 385 g/mol. The number of benzene rings is 2. The molecule has 2 aliphatic heterocycles. The Balaban J connectivity index is 1.26. The number of hydrogen-bond donors (Lipinski definition) is 0. The van der Waals surface area contributed by atoms with Crippen LogP contribution in [0.25, 0.3) is 6.08 Å². The van der Waals surface area contributed by atoms with Crippen molar-refractivity contribution in [2.24, 2.45) is 0 Å². The van der Waals surface area contributed by atoms with Gasteiger partial charge in [-0.15, -0.1) is 0 Å². The van der Waals surface area contributed by atoms with Gasteiger partial charge in [-0.2, -0.15) is 0 Å². The number of piperidine rings is 1. The third kappa shape index (κ3) is 2.56. The first-order chi connectivity index (χ1) is 14.3. The smallest absolute Gasteiger partial charge is 0.160 e. The van der Waals surface area contributed by atoms with Crippen molar-refractivity contribution in [1.29, 1.82) is 0 Å². The molecule has 6 rings (SSSR count). The zero-order valence-corrected chi connectivity index (χ0v) is 16.9. The summed E-state index contributed by atoms with van der Waals surface area (Å²) in [5.41, 5.74) is 5.50. The Bertz CT molecular complexity index is 971. The summed E-state index contributed by atoms with van der Waals surface area (Å²) in [5, 5.41) is 0. The monoisotopic (exact) mass is 384 g/mol. The number of nitrogens with zero attached hydrogens (tertiary/aromatic N) is 2. The molecule has 0 bridgehead atoms. The number of allylic oxidation sites excluding steroid dienone is 1. The van der Waals surface area contributed by atoms with Crippen molar-refractivity contribution in [3.63, 3.8) is 0 Å². The number of anilines is 1. The van der Waals surface area contributed by atoms with Gasteiger partial charge in [0.15, 0.2) is 5.78 Å². The van der Waals surface area contributed by atoms with Gasteiger partial charge in [0, 0.05) is 37.8 Å². The topological polar surface area (TPSA) is 23.6 Å². The number of ketones is 1. The molecular formula is C26H28N2O. The van der Waals surface area contributed by atoms with Gasteiger partial charge in [-0.3, -0.25) is 9.69 Å². The average Bonchev–Trinajstić information content (AvgIpc) is 3.30. The third-order valence-electron chi connectivity index (χ3n) is 7.90. The molecule has 4 aliphatic rings. The minimum Gasteiger partial charge on any atom is -0.358 e. The van der Waals surface area contributed by atoms with Gasteiger partial charge >= 0.3 is 0 Å². The molecule has 0 amide bonds. The second-order valence-electron chi connectivity index (χ2n) is 9.16. The van der Waals surface area contributed by atoms with E-state index in [2.05, 4.69) is 70.5 Å². The summed E-state index contributed by atoms with van der Waals surface area (Å²) in [6.45, 7) is 2.90. The third-order valence-corrected chi connectivity index (χ3v) is 7.90. The maximum Gasteiger partial charge on any atom is 0.160 e. The number of carbonyl (C=O) groups is 1. The molecule has 0 N–H and O–H groups in total. The molecule has 2 aromatic rings. The first-order valence-electron chi connectivity index (χ1n) is 11.2. The Morgan fingerprint density at radius 1 is 0.931 bits per heavy atom. The first-order valence-corrected chi connectivity index (χ1v) is 11.2. The lowest BCUT2D eigenvalue weighted by Gasteiger charge is -2.46. The van der Waals surface area contributed by atoms with E-state index in [-0.39, 0.29) is 5.54 Å². The standard InChI is InChI=1S/C26H28N2O/c29-24-12-15-28(21-9-2-1-3-10-21)26(24)13-16-27(17-14-26)23-18-20-8-4-6-19-7-5-11-22(23)25(19)20/h1-7,9-11,20,23H,8,12-18H2. The lowest BCUT2D eigenvalue weighted by molar-refractivity contribution is -0.123. The lowest BCUT2D eigenvalue weighted by atomic mass is 9.82. The molecular weight excluding hydrogens is 356 g/mol. The fourth-order valence-electron chi connectivity index (χ4n) is 6.49. The number of likely N-dealkylation sites (tertiary alicyclic amines) is 1. The van der Waals surface area contributed by atoms with Crippen LogP contribution >= 0.6 is 0 Å². The summed E-state index contributed by atoms with van der Waals surface area (Å²) in [7, 11) is 0. The van der Waals surface area contributed by atoms with Gasteiger partial charge in [-0.1, -0.05) is 48.6 Å². The molecule has 2 aromatic carbocycles. The highest BCUT2D eigenvalue weighted by molar-refractivity contribution is 5.95. The van der Waals surface area contributed by atoms with Crippen LogP contribution < -0.4 is 4.90 Å². The van der Waals surface area contributed by atoms with Crippen molar-refractivity contribution in [2.75, 3.05) is 24.5 Å². The van der Waals surface area contributed by atoms with Crippen LogP contribution in [0.4, 0.5) is 5.69 Å². The molecule has 0 radical (unpaired) electrons. The molecule has 2 fully saturated rings. The second-order valence-corrected chi connectivity index (χ2v) is 9.16. The van der Waals surface area contributed by atoms with Gasteiger partial charge < -0.3 is 4.90 Å². The summed E-state index contributed by atoms with van der Waals surface area (Å²) in [6, 6.07) is 17.9. The molecule has 3 nitrogen and oxygen atoms in total. The molecule has 148 valence electrons. The van der Waals surface area contributed by atoms with Crippen molar-refractivity contribution in [3.05, 3.63) is 71.3 Å². The molecule has 29 heavy (non-hydrogen) atoms. The van der Waals surface area contributed by atoms with Gasteiger partial charge in [-0.05, 0) is 60.4 Å². The Morgan fingerprint density at radius 3 is 2.59 bits per heavy atom. The van der Waals surface area contributed by atoms with Crippen molar-refractivity contribution >= 4 is 17.5 Å². The summed E-state index contributed by atoms with van der Waals surface area (Å²) in [5.74, 6) is 1.14. The van der Waals surface area contributed by atoms with Gasteiger partial charge in [0.25, 0.3) is 0 Å². The maximum absolute atomic E-state index is 13.0. The van der Waals surface area contributed by atoms with Crippen LogP contribution in [0.3, 0.4) is 0 Å². The van der Waals surface area contributed by atoms with Crippen LogP contribution in [0.1, 0.15) is 60.8 Å². The number of para-hydroxylation sites is 1. The van der Waals surface area contributed by atoms with Crippen LogP contribution in [-0.4, -0.2) is 35.9 Å². The van der Waals surface area contributed by atoms with Crippen molar-refractivity contribution in [2.45, 2.75) is 49.6 Å². The van der Waals surface area contributed by atoms with E-state index in [4.69, 9.17) is 0 Å². The largest absolute Gasteiger partial charge is 0.358 e. The molecule has 2 saturated heterocycles. The molecule has 2 atom stereocenters. The number of carbonyl (C=O) groups excluding carboxylic acids is 1. The summed E-state index contributed by atoms with van der Waals surface area (Å²) in [4.78, 5) is 18.1.